The zero-order valence-electron chi connectivity index (χ0n) is 7.66. The third-order valence-corrected chi connectivity index (χ3v) is 1.39. The average Bonchev–Trinajstić information content (AvgIpc) is 1.96. The van der Waals surface area contributed by atoms with Crippen LogP contribution in [0.1, 0.15) is 19.5 Å². The lowest BCUT2D eigenvalue weighted by molar-refractivity contribution is 0.243. The molecular formula is C9H14N2O. The summed E-state index contributed by atoms with van der Waals surface area (Å²) < 4.78 is 5.46. The topological polar surface area (TPSA) is 48.1 Å². The smallest absolute Gasteiger partial charge is 0.145 e. The molecule has 1 rings (SSSR count). The fourth-order valence-electron chi connectivity index (χ4n) is 0.901. The second kappa shape index (κ2) is 3.43. The summed E-state index contributed by atoms with van der Waals surface area (Å²) in [6.45, 7) is 5.84. The molecule has 1 aromatic rings. The van der Waals surface area contributed by atoms with Crippen molar-refractivity contribution in [1.82, 2.24) is 4.98 Å². The number of nitrogens with two attached hydrogens (primary N) is 1. The Morgan fingerprint density at radius 2 is 2.17 bits per heavy atom. The van der Waals surface area contributed by atoms with Crippen LogP contribution in [0.15, 0.2) is 12.3 Å². The van der Waals surface area contributed by atoms with Gasteiger partial charge in [-0.25, -0.2) is 0 Å². The molecule has 0 spiro atoms. The number of pyridine rings is 1. The molecule has 3 heteroatoms. The molecule has 1 aromatic heterocycles. The van der Waals surface area contributed by atoms with Crippen LogP contribution in [0.5, 0.6) is 5.75 Å². The molecule has 0 saturated carbocycles. The predicted molar refractivity (Wildman–Crippen MR) is 49.2 cm³/mol. The van der Waals surface area contributed by atoms with Crippen LogP contribution in [0.2, 0.25) is 0 Å². The van der Waals surface area contributed by atoms with Gasteiger partial charge in [-0.15, -0.1) is 0 Å². The summed E-state index contributed by atoms with van der Waals surface area (Å²) in [5.74, 6) is 0.720. The average molecular weight is 166 g/mol. The van der Waals surface area contributed by atoms with Crippen LogP contribution in [-0.4, -0.2) is 11.1 Å². The fraction of sp³-hybridized carbons (Fsp3) is 0.444. The highest BCUT2D eigenvalue weighted by molar-refractivity contribution is 5.50. The summed E-state index contributed by atoms with van der Waals surface area (Å²) in [7, 11) is 0. The van der Waals surface area contributed by atoms with E-state index >= 15 is 0 Å². The minimum Gasteiger partial charge on any atom is -0.489 e. The molecular weight excluding hydrogens is 152 g/mol. The molecule has 0 aliphatic carbocycles. The maximum atomic E-state index is 5.65. The molecule has 2 N–H and O–H groups in total. The highest BCUT2D eigenvalue weighted by atomic mass is 16.5. The van der Waals surface area contributed by atoms with Gasteiger partial charge in [-0.2, -0.15) is 0 Å². The number of rotatable bonds is 2. The Morgan fingerprint density at radius 3 is 2.75 bits per heavy atom. The Balaban J connectivity index is 2.90. The van der Waals surface area contributed by atoms with Crippen molar-refractivity contribution in [2.45, 2.75) is 26.9 Å². The number of hydrogen-bond donors (Lipinski definition) is 1. The van der Waals surface area contributed by atoms with Gasteiger partial charge in [0.05, 0.1) is 18.0 Å². The van der Waals surface area contributed by atoms with E-state index in [9.17, 15) is 0 Å². The van der Waals surface area contributed by atoms with Gasteiger partial charge in [-0.05, 0) is 20.8 Å². The van der Waals surface area contributed by atoms with E-state index in [1.807, 2.05) is 26.8 Å². The molecule has 0 unspecified atom stereocenters. The zero-order chi connectivity index (χ0) is 9.14. The number of anilines is 1. The van der Waals surface area contributed by atoms with E-state index in [2.05, 4.69) is 4.98 Å². The normalized spacial score (nSPS) is 10.3. The molecule has 0 aliphatic rings. The van der Waals surface area contributed by atoms with Gasteiger partial charge >= 0.3 is 0 Å². The van der Waals surface area contributed by atoms with Crippen LogP contribution < -0.4 is 10.5 Å². The van der Waals surface area contributed by atoms with Gasteiger partial charge < -0.3 is 10.5 Å². The number of nitrogen functional groups attached to an aromatic ring is 1. The second-order valence-electron chi connectivity index (χ2n) is 3.03. The zero-order valence-corrected chi connectivity index (χ0v) is 7.66. The Bertz CT molecular complexity index is 271. The van der Waals surface area contributed by atoms with Crippen molar-refractivity contribution in [1.29, 1.82) is 0 Å². The van der Waals surface area contributed by atoms with Crippen molar-refractivity contribution in [2.24, 2.45) is 0 Å². The van der Waals surface area contributed by atoms with E-state index in [0.29, 0.717) is 5.69 Å². The Labute approximate surface area is 72.6 Å². The van der Waals surface area contributed by atoms with Gasteiger partial charge in [0, 0.05) is 11.8 Å². The van der Waals surface area contributed by atoms with Crippen molar-refractivity contribution in [3.63, 3.8) is 0 Å². The maximum Gasteiger partial charge on any atom is 0.145 e. The third-order valence-electron chi connectivity index (χ3n) is 1.39. The number of aromatic nitrogens is 1. The molecule has 0 bridgehead atoms. The largest absolute Gasteiger partial charge is 0.489 e. The van der Waals surface area contributed by atoms with Gasteiger partial charge in [0.15, 0.2) is 0 Å². The summed E-state index contributed by atoms with van der Waals surface area (Å²) in [5, 5.41) is 0. The lowest BCUT2D eigenvalue weighted by Crippen LogP contribution is -2.07. The minimum atomic E-state index is 0.147. The monoisotopic (exact) mass is 166 g/mol. The van der Waals surface area contributed by atoms with E-state index < -0.39 is 0 Å². The lowest BCUT2D eigenvalue weighted by Gasteiger charge is -2.11. The first-order chi connectivity index (χ1) is 5.59. The second-order valence-corrected chi connectivity index (χ2v) is 3.03. The number of aryl methyl sites for hydroxylation is 1. The molecule has 12 heavy (non-hydrogen) atoms. The summed E-state index contributed by atoms with van der Waals surface area (Å²) in [5.41, 5.74) is 7.16. The van der Waals surface area contributed by atoms with Gasteiger partial charge in [0.1, 0.15) is 5.75 Å². The van der Waals surface area contributed by atoms with Crippen LogP contribution in [0.3, 0.4) is 0 Å². The van der Waals surface area contributed by atoms with E-state index in [1.165, 1.54) is 0 Å². The molecule has 0 radical (unpaired) electrons. The molecule has 0 saturated heterocycles. The van der Waals surface area contributed by atoms with Gasteiger partial charge in [0.2, 0.25) is 0 Å². The molecule has 0 aromatic carbocycles. The van der Waals surface area contributed by atoms with Gasteiger partial charge in [-0.1, -0.05) is 0 Å². The maximum absolute atomic E-state index is 5.65. The van der Waals surface area contributed by atoms with Crippen molar-refractivity contribution in [3.05, 3.63) is 18.0 Å². The molecule has 0 aliphatic heterocycles. The van der Waals surface area contributed by atoms with Crippen molar-refractivity contribution in [2.75, 3.05) is 5.73 Å². The molecule has 66 valence electrons. The molecule has 0 fully saturated rings. The summed E-state index contributed by atoms with van der Waals surface area (Å²) in [6, 6.07) is 1.84. The molecule has 3 nitrogen and oxygen atoms in total. The van der Waals surface area contributed by atoms with Crippen LogP contribution >= 0.6 is 0 Å². The highest BCUT2D eigenvalue weighted by Gasteiger charge is 2.02. The molecule has 0 atom stereocenters. The van der Waals surface area contributed by atoms with Crippen molar-refractivity contribution >= 4 is 5.69 Å². The third kappa shape index (κ3) is 2.12. The quantitative estimate of drug-likeness (QED) is 0.728. The van der Waals surface area contributed by atoms with Gasteiger partial charge in [0.25, 0.3) is 0 Å². The number of nitrogens with zero attached hydrogens (tertiary/aromatic N) is 1. The van der Waals surface area contributed by atoms with Crippen molar-refractivity contribution < 1.29 is 4.74 Å². The van der Waals surface area contributed by atoms with Crippen LogP contribution in [0, 0.1) is 6.92 Å². The Hall–Kier alpha value is -1.25. The first-order valence-electron chi connectivity index (χ1n) is 3.98. The first kappa shape index (κ1) is 8.84. The van der Waals surface area contributed by atoms with Crippen LogP contribution in [0.25, 0.3) is 0 Å². The van der Waals surface area contributed by atoms with Gasteiger partial charge in [-0.3, -0.25) is 4.98 Å². The summed E-state index contributed by atoms with van der Waals surface area (Å²) in [4.78, 5) is 4.04. The number of hydrogen-bond acceptors (Lipinski definition) is 3. The van der Waals surface area contributed by atoms with E-state index in [0.717, 1.165) is 11.4 Å². The molecule has 1 heterocycles. The Kier molecular flexibility index (Phi) is 2.53. The molecule has 0 amide bonds. The van der Waals surface area contributed by atoms with E-state index in [1.54, 1.807) is 6.20 Å². The minimum absolute atomic E-state index is 0.147. The Morgan fingerprint density at radius 1 is 1.50 bits per heavy atom. The first-order valence-corrected chi connectivity index (χ1v) is 3.98. The van der Waals surface area contributed by atoms with Crippen LogP contribution in [0.4, 0.5) is 5.69 Å². The predicted octanol–water partition coefficient (Wildman–Crippen LogP) is 1.76. The van der Waals surface area contributed by atoms with E-state index in [4.69, 9.17) is 10.5 Å². The SMILES string of the molecule is Cc1cc(OC(C)C)c(N)cn1. The summed E-state index contributed by atoms with van der Waals surface area (Å²) >= 11 is 0. The van der Waals surface area contributed by atoms with E-state index in [-0.39, 0.29) is 6.10 Å². The van der Waals surface area contributed by atoms with Crippen molar-refractivity contribution in [3.8, 4) is 5.75 Å². The highest BCUT2D eigenvalue weighted by Crippen LogP contribution is 2.21. The van der Waals surface area contributed by atoms with Crippen LogP contribution in [-0.2, 0) is 0 Å². The lowest BCUT2D eigenvalue weighted by atomic mass is 10.3. The fourth-order valence-corrected chi connectivity index (χ4v) is 0.901. The summed E-state index contributed by atoms with van der Waals surface area (Å²) in [6.07, 6.45) is 1.77. The number of ether oxygens (including phenoxy) is 1. The standard InChI is InChI=1S/C9H14N2O/c1-6(2)12-9-4-7(3)11-5-8(9)10/h4-6H,10H2,1-3H3.